The van der Waals surface area contributed by atoms with E-state index in [2.05, 4.69) is 0 Å². The van der Waals surface area contributed by atoms with Crippen molar-refractivity contribution >= 4 is 31.3 Å². The van der Waals surface area contributed by atoms with Crippen LogP contribution in [-0.4, -0.2) is 37.1 Å². The van der Waals surface area contributed by atoms with Gasteiger partial charge in [0.1, 0.15) is 6.29 Å². The summed E-state index contributed by atoms with van der Waals surface area (Å²) in [7, 11) is 5.33. The van der Waals surface area contributed by atoms with Crippen molar-refractivity contribution in [2.45, 2.75) is 19.7 Å². The van der Waals surface area contributed by atoms with Crippen molar-refractivity contribution in [3.63, 3.8) is 0 Å². The van der Waals surface area contributed by atoms with Gasteiger partial charge in [-0.2, -0.15) is 0 Å². The lowest BCUT2D eigenvalue weighted by atomic mass is 10.0. The van der Waals surface area contributed by atoms with Crippen LogP contribution < -0.4 is 0 Å². The second-order valence-corrected chi connectivity index (χ2v) is 2.68. The number of carbonyl (C=O) groups excluding carboxylic acids is 1. The fraction of sp³-hybridized carbons (Fsp3) is 0.714. The van der Waals surface area contributed by atoms with Gasteiger partial charge >= 0.3 is 0 Å². The quantitative estimate of drug-likeness (QED) is 0.345. The molecule has 0 aromatic carbocycles. The maximum absolute atomic E-state index is 10.2. The minimum atomic E-state index is 0.350. The van der Waals surface area contributed by atoms with E-state index in [1.54, 1.807) is 0 Å². The number of rotatable bonds is 5. The maximum Gasteiger partial charge on any atom is 0.139 e. The normalized spacial score (nSPS) is 9.18. The molecule has 0 aliphatic rings. The fourth-order valence-electron chi connectivity index (χ4n) is 0.807. The molecule has 60 valence electrons. The van der Waals surface area contributed by atoms with Crippen molar-refractivity contribution in [1.82, 2.24) is 4.90 Å². The SMILES string of the molecule is [B]CC(=S)N(CC=O)CCC. The first-order valence-corrected chi connectivity index (χ1v) is 4.08. The molecule has 0 spiro atoms. The van der Waals surface area contributed by atoms with Crippen LogP contribution in [0.15, 0.2) is 0 Å². The molecule has 0 atom stereocenters. The summed E-state index contributed by atoms with van der Waals surface area (Å²) in [5, 5.41) is 0. The molecule has 0 aromatic heterocycles. The molecule has 2 nitrogen and oxygen atoms in total. The van der Waals surface area contributed by atoms with E-state index in [1.165, 1.54) is 0 Å². The molecule has 0 rings (SSSR count). The molecule has 0 bridgehead atoms. The molecule has 0 unspecified atom stereocenters. The summed E-state index contributed by atoms with van der Waals surface area (Å²) in [6.07, 6.45) is 2.18. The lowest BCUT2D eigenvalue weighted by molar-refractivity contribution is -0.108. The summed E-state index contributed by atoms with van der Waals surface area (Å²) in [5.74, 6) is 0. The van der Waals surface area contributed by atoms with Gasteiger partial charge in [-0.1, -0.05) is 19.1 Å². The molecular formula is C7H12BNOS. The monoisotopic (exact) mass is 169 g/mol. The third-order valence-electron chi connectivity index (χ3n) is 1.32. The molecule has 11 heavy (non-hydrogen) atoms. The van der Waals surface area contributed by atoms with Gasteiger partial charge < -0.3 is 9.69 Å². The molecule has 0 aliphatic carbocycles. The molecule has 4 heteroatoms. The van der Waals surface area contributed by atoms with Crippen LogP contribution in [-0.2, 0) is 4.79 Å². The minimum absolute atomic E-state index is 0.350. The standard InChI is InChI=1S/C7H12BNOS/c1-2-3-9(4-5-10)7(11)6-8/h5H,2-4,6H2,1H3. The van der Waals surface area contributed by atoms with Gasteiger partial charge in [0.15, 0.2) is 0 Å². The topological polar surface area (TPSA) is 20.3 Å². The molecule has 2 radical (unpaired) electrons. The van der Waals surface area contributed by atoms with Crippen LogP contribution in [0.1, 0.15) is 13.3 Å². The lowest BCUT2D eigenvalue weighted by Crippen LogP contribution is -2.31. The summed E-state index contributed by atoms with van der Waals surface area (Å²) >= 11 is 4.95. The summed E-state index contributed by atoms with van der Waals surface area (Å²) in [6, 6.07) is 0. The van der Waals surface area contributed by atoms with Gasteiger partial charge in [-0.05, 0) is 12.7 Å². The van der Waals surface area contributed by atoms with Crippen LogP contribution >= 0.6 is 12.2 Å². The first-order valence-electron chi connectivity index (χ1n) is 3.67. The molecule has 0 saturated heterocycles. The number of nitrogens with zero attached hydrogens (tertiary/aromatic N) is 1. The molecular weight excluding hydrogens is 157 g/mol. The van der Waals surface area contributed by atoms with Gasteiger partial charge in [0.2, 0.25) is 0 Å². The zero-order valence-corrected chi connectivity index (χ0v) is 7.56. The van der Waals surface area contributed by atoms with E-state index in [-0.39, 0.29) is 0 Å². The van der Waals surface area contributed by atoms with E-state index in [0.29, 0.717) is 17.9 Å². The van der Waals surface area contributed by atoms with Crippen LogP contribution in [0.4, 0.5) is 0 Å². The summed E-state index contributed by atoms with van der Waals surface area (Å²) in [6.45, 7) is 3.22. The smallest absolute Gasteiger partial charge is 0.139 e. The number of hydrogen-bond acceptors (Lipinski definition) is 2. The second-order valence-electron chi connectivity index (χ2n) is 2.21. The highest BCUT2D eigenvalue weighted by Crippen LogP contribution is 1.96. The summed E-state index contributed by atoms with van der Waals surface area (Å²) < 4.78 is 0. The molecule has 0 amide bonds. The minimum Gasteiger partial charge on any atom is -0.360 e. The average molecular weight is 169 g/mol. The van der Waals surface area contributed by atoms with Gasteiger partial charge in [0.25, 0.3) is 0 Å². The highest BCUT2D eigenvalue weighted by atomic mass is 32.1. The summed E-state index contributed by atoms with van der Waals surface area (Å²) in [5.41, 5.74) is 0. The first-order chi connectivity index (χ1) is 5.26. The Morgan fingerprint density at radius 3 is 2.73 bits per heavy atom. The van der Waals surface area contributed by atoms with Crippen molar-refractivity contribution < 1.29 is 4.79 Å². The molecule has 0 fully saturated rings. The van der Waals surface area contributed by atoms with Crippen molar-refractivity contribution in [2.75, 3.05) is 13.1 Å². The van der Waals surface area contributed by atoms with E-state index < -0.39 is 0 Å². The average Bonchev–Trinajstić information content (AvgIpc) is 2.03. The number of thiocarbonyl (C=S) groups is 1. The predicted octanol–water partition coefficient (Wildman–Crippen LogP) is 0.811. The van der Waals surface area contributed by atoms with Gasteiger partial charge in [0.05, 0.1) is 19.4 Å². The Morgan fingerprint density at radius 2 is 2.36 bits per heavy atom. The first kappa shape index (κ1) is 10.6. The van der Waals surface area contributed by atoms with Crippen molar-refractivity contribution in [3.05, 3.63) is 0 Å². The Morgan fingerprint density at radius 1 is 1.73 bits per heavy atom. The fourth-order valence-corrected chi connectivity index (χ4v) is 0.973. The van der Waals surface area contributed by atoms with Crippen molar-refractivity contribution in [2.24, 2.45) is 0 Å². The Labute approximate surface area is 74.4 Å². The highest BCUT2D eigenvalue weighted by Gasteiger charge is 2.03. The Kier molecular flexibility index (Phi) is 6.13. The second kappa shape index (κ2) is 6.34. The Hall–Kier alpha value is -0.375. The third kappa shape index (κ3) is 4.14. The number of aldehydes is 1. The van der Waals surface area contributed by atoms with Crippen LogP contribution in [0.25, 0.3) is 0 Å². The van der Waals surface area contributed by atoms with E-state index in [9.17, 15) is 4.79 Å². The van der Waals surface area contributed by atoms with Crippen LogP contribution in [0, 0.1) is 0 Å². The Balaban J connectivity index is 3.86. The molecule has 0 saturated carbocycles. The van der Waals surface area contributed by atoms with E-state index >= 15 is 0 Å². The lowest BCUT2D eigenvalue weighted by Gasteiger charge is -2.21. The predicted molar refractivity (Wildman–Crippen MR) is 51.1 cm³/mol. The van der Waals surface area contributed by atoms with Crippen LogP contribution in [0.2, 0.25) is 6.32 Å². The van der Waals surface area contributed by atoms with E-state index in [4.69, 9.17) is 20.1 Å². The zero-order chi connectivity index (χ0) is 8.69. The zero-order valence-electron chi connectivity index (χ0n) is 6.75. The molecule has 0 aliphatic heterocycles. The largest absolute Gasteiger partial charge is 0.360 e. The van der Waals surface area contributed by atoms with Crippen LogP contribution in [0.3, 0.4) is 0 Å². The Bertz CT molecular complexity index is 140. The highest BCUT2D eigenvalue weighted by molar-refractivity contribution is 7.80. The van der Waals surface area contributed by atoms with Crippen molar-refractivity contribution in [3.8, 4) is 0 Å². The van der Waals surface area contributed by atoms with Gasteiger partial charge in [-0.15, -0.1) is 0 Å². The van der Waals surface area contributed by atoms with E-state index in [0.717, 1.165) is 19.3 Å². The molecule has 0 aromatic rings. The molecule has 0 N–H and O–H groups in total. The van der Waals surface area contributed by atoms with Gasteiger partial charge in [-0.3, -0.25) is 0 Å². The number of carbonyl (C=O) groups is 1. The third-order valence-corrected chi connectivity index (χ3v) is 1.74. The van der Waals surface area contributed by atoms with Gasteiger partial charge in [0, 0.05) is 6.54 Å². The van der Waals surface area contributed by atoms with E-state index in [1.807, 2.05) is 11.8 Å². The summed E-state index contributed by atoms with van der Waals surface area (Å²) in [4.78, 5) is 12.7. The maximum atomic E-state index is 10.2. The van der Waals surface area contributed by atoms with Crippen LogP contribution in [0.5, 0.6) is 0 Å². The molecule has 0 heterocycles. The van der Waals surface area contributed by atoms with Crippen molar-refractivity contribution in [1.29, 1.82) is 0 Å². The number of hydrogen-bond donors (Lipinski definition) is 0. The van der Waals surface area contributed by atoms with Gasteiger partial charge in [-0.25, -0.2) is 0 Å².